The molecule has 0 amide bonds. The number of hydrogen-bond donors (Lipinski definition) is 1. The molecule has 0 bridgehead atoms. The van der Waals surface area contributed by atoms with Gasteiger partial charge in [0.05, 0.1) is 27.7 Å². The molecule has 2 fully saturated rings. The van der Waals surface area contributed by atoms with Gasteiger partial charge in [-0.15, -0.1) is 0 Å². The van der Waals surface area contributed by atoms with Crippen LogP contribution in [0.2, 0.25) is 0 Å². The predicted octanol–water partition coefficient (Wildman–Crippen LogP) is 3.46. The summed E-state index contributed by atoms with van der Waals surface area (Å²) in [4.78, 5) is 0. The van der Waals surface area contributed by atoms with Gasteiger partial charge in [-0.2, -0.15) is 0 Å². The van der Waals surface area contributed by atoms with Crippen molar-refractivity contribution in [2.75, 3.05) is 34.9 Å². The molecule has 28 heavy (non-hydrogen) atoms. The Hall–Kier alpha value is -0.240. The molecule has 0 aromatic heterocycles. The number of quaternary nitrogens is 1. The monoisotopic (exact) mass is 402 g/mol. The van der Waals surface area contributed by atoms with E-state index in [9.17, 15) is 5.11 Å². The van der Waals surface area contributed by atoms with Gasteiger partial charge in [0.2, 0.25) is 6.29 Å². The number of likely N-dealkylation sites (N-methyl/N-ethyl adjacent to an activating group) is 1. The van der Waals surface area contributed by atoms with Crippen LogP contribution in [0.4, 0.5) is 0 Å². The van der Waals surface area contributed by atoms with Gasteiger partial charge in [0.25, 0.3) is 0 Å². The van der Waals surface area contributed by atoms with E-state index in [1.165, 1.54) is 51.4 Å². The van der Waals surface area contributed by atoms with Gasteiger partial charge >= 0.3 is 0 Å². The Morgan fingerprint density at radius 1 is 0.929 bits per heavy atom. The fraction of sp³-hybridized carbons (Fsp3) is 1.00. The van der Waals surface area contributed by atoms with E-state index in [4.69, 9.17) is 18.9 Å². The summed E-state index contributed by atoms with van der Waals surface area (Å²) in [7, 11) is 7.76. The molecule has 1 unspecified atom stereocenters. The van der Waals surface area contributed by atoms with E-state index < -0.39 is 12.4 Å². The molecular weight excluding hydrogens is 358 g/mol. The molecule has 0 saturated carbocycles. The maximum atomic E-state index is 11.0. The van der Waals surface area contributed by atoms with Gasteiger partial charge in [0.1, 0.15) is 18.3 Å². The Morgan fingerprint density at radius 3 is 2.11 bits per heavy atom. The van der Waals surface area contributed by atoms with Crippen LogP contribution >= 0.6 is 0 Å². The van der Waals surface area contributed by atoms with Crippen LogP contribution in [0, 0.1) is 0 Å². The first-order chi connectivity index (χ1) is 13.4. The van der Waals surface area contributed by atoms with E-state index in [1.54, 1.807) is 7.11 Å². The van der Waals surface area contributed by atoms with Crippen molar-refractivity contribution in [3.05, 3.63) is 0 Å². The first-order valence-electron chi connectivity index (χ1n) is 11.3. The van der Waals surface area contributed by atoms with Crippen molar-refractivity contribution in [3.8, 4) is 0 Å². The minimum atomic E-state index is -0.641. The number of rotatable bonds is 12. The molecular formula is C22H44NO5+. The highest BCUT2D eigenvalue weighted by molar-refractivity contribution is 4.93. The number of unbranched alkanes of at least 4 members (excludes halogenated alkanes) is 8. The number of hydrogen-bond acceptors (Lipinski definition) is 5. The summed E-state index contributed by atoms with van der Waals surface area (Å²) in [5, 5.41) is 11.0. The van der Waals surface area contributed by atoms with Crippen molar-refractivity contribution in [2.45, 2.75) is 108 Å². The van der Waals surface area contributed by atoms with Crippen LogP contribution in [0.25, 0.3) is 0 Å². The van der Waals surface area contributed by atoms with Crippen molar-refractivity contribution in [3.63, 3.8) is 0 Å². The summed E-state index contributed by atoms with van der Waals surface area (Å²) >= 11 is 0. The molecule has 0 aromatic carbocycles. The molecule has 2 aliphatic rings. The lowest BCUT2D eigenvalue weighted by Gasteiger charge is -2.50. The minimum Gasteiger partial charge on any atom is -0.384 e. The average Bonchev–Trinajstić information content (AvgIpc) is 2.65. The third-order valence-corrected chi connectivity index (χ3v) is 6.07. The smallest absolute Gasteiger partial charge is 0.213 e. The molecule has 6 heteroatoms. The first-order valence-corrected chi connectivity index (χ1v) is 11.3. The molecule has 6 atom stereocenters. The Kier molecular flexibility index (Phi) is 10.1. The predicted molar refractivity (Wildman–Crippen MR) is 110 cm³/mol. The van der Waals surface area contributed by atoms with Gasteiger partial charge in [-0.1, -0.05) is 58.3 Å². The van der Waals surface area contributed by atoms with E-state index in [0.717, 1.165) is 12.8 Å². The van der Waals surface area contributed by atoms with Crippen molar-refractivity contribution in [1.29, 1.82) is 0 Å². The molecule has 0 aromatic rings. The number of aliphatic hydroxyl groups excluding tert-OH is 1. The number of methoxy groups -OCH3 is 1. The summed E-state index contributed by atoms with van der Waals surface area (Å²) in [6.45, 7) is 2.71. The van der Waals surface area contributed by atoms with Crippen LogP contribution in [-0.4, -0.2) is 81.4 Å². The lowest BCUT2D eigenvalue weighted by Crippen LogP contribution is -2.70. The summed E-state index contributed by atoms with van der Waals surface area (Å²) < 4.78 is 24.1. The normalized spacial score (nSPS) is 33.6. The Bertz CT molecular complexity index is 428. The van der Waals surface area contributed by atoms with E-state index in [2.05, 4.69) is 6.92 Å². The summed E-state index contributed by atoms with van der Waals surface area (Å²) in [6.07, 6.45) is 10.6. The summed E-state index contributed by atoms with van der Waals surface area (Å²) in [6, 6.07) is -0.197. The van der Waals surface area contributed by atoms with E-state index >= 15 is 0 Å². The SMILES string of the molecule is CCCCCCCCCCCC1OC[C@H]2O[C@H](OC)[C@H]([N+](C)(C)C)[C@@H](O)[C@@H]2O1. The van der Waals surface area contributed by atoms with Crippen molar-refractivity contribution < 1.29 is 28.5 Å². The maximum Gasteiger partial charge on any atom is 0.213 e. The van der Waals surface area contributed by atoms with Crippen LogP contribution in [0.15, 0.2) is 0 Å². The first kappa shape index (κ1) is 24.0. The zero-order chi connectivity index (χ0) is 20.6. The highest BCUT2D eigenvalue weighted by Gasteiger charge is 2.54. The van der Waals surface area contributed by atoms with Crippen LogP contribution in [0.5, 0.6) is 0 Å². The fourth-order valence-electron chi connectivity index (χ4n) is 4.42. The molecule has 0 aliphatic carbocycles. The fourth-order valence-corrected chi connectivity index (χ4v) is 4.42. The molecule has 2 heterocycles. The number of nitrogens with zero attached hydrogens (tertiary/aromatic N) is 1. The number of fused-ring (bicyclic) bond motifs is 1. The standard InChI is InChI=1S/C22H44NO5/c1-6-7-8-9-10-11-12-13-14-15-18-26-16-17-21(28-18)20(24)19(23(2,3)4)22(25-5)27-17/h17-22,24H,6-16H2,1-5H3/q+1/t17-,18?,19-,20-,21-,22+/m1/s1. The molecule has 1 N–H and O–H groups in total. The Balaban J connectivity index is 1.71. The largest absolute Gasteiger partial charge is 0.384 e. The number of aliphatic hydroxyl groups is 1. The van der Waals surface area contributed by atoms with Gasteiger partial charge in [0.15, 0.2) is 12.3 Å². The van der Waals surface area contributed by atoms with Gasteiger partial charge in [-0.3, -0.25) is 0 Å². The maximum absolute atomic E-state index is 11.0. The Labute approximate surface area is 172 Å². The molecule has 0 spiro atoms. The topological polar surface area (TPSA) is 57.2 Å². The quantitative estimate of drug-likeness (QED) is 0.400. The second kappa shape index (κ2) is 11.8. The third kappa shape index (κ3) is 6.92. The van der Waals surface area contributed by atoms with Gasteiger partial charge < -0.3 is 28.5 Å². The molecule has 6 nitrogen and oxygen atoms in total. The molecule has 2 saturated heterocycles. The summed E-state index contributed by atoms with van der Waals surface area (Å²) in [5.41, 5.74) is 0. The average molecular weight is 403 g/mol. The lowest BCUT2D eigenvalue weighted by atomic mass is 9.94. The Morgan fingerprint density at radius 2 is 1.54 bits per heavy atom. The second-order valence-corrected chi connectivity index (χ2v) is 9.36. The van der Waals surface area contributed by atoms with Crippen LogP contribution < -0.4 is 0 Å². The highest BCUT2D eigenvalue weighted by Crippen LogP contribution is 2.33. The van der Waals surface area contributed by atoms with Gasteiger partial charge in [-0.05, 0) is 12.8 Å². The number of ether oxygens (including phenoxy) is 4. The van der Waals surface area contributed by atoms with E-state index in [0.29, 0.717) is 11.1 Å². The molecule has 2 rings (SSSR count). The van der Waals surface area contributed by atoms with Crippen molar-refractivity contribution in [2.24, 2.45) is 0 Å². The lowest BCUT2D eigenvalue weighted by molar-refractivity contribution is -0.910. The van der Waals surface area contributed by atoms with E-state index in [-0.39, 0.29) is 24.5 Å². The van der Waals surface area contributed by atoms with Crippen molar-refractivity contribution >= 4 is 0 Å². The van der Waals surface area contributed by atoms with Crippen LogP contribution in [0.1, 0.15) is 71.1 Å². The highest BCUT2D eigenvalue weighted by atomic mass is 16.7. The molecule has 2 aliphatic heterocycles. The van der Waals surface area contributed by atoms with Crippen molar-refractivity contribution in [1.82, 2.24) is 0 Å². The third-order valence-electron chi connectivity index (χ3n) is 6.07. The second-order valence-electron chi connectivity index (χ2n) is 9.36. The zero-order valence-electron chi connectivity index (χ0n) is 18.8. The van der Waals surface area contributed by atoms with E-state index in [1.807, 2.05) is 21.1 Å². The van der Waals surface area contributed by atoms with Crippen LogP contribution in [-0.2, 0) is 18.9 Å². The minimum absolute atomic E-state index is 0.197. The molecule has 0 radical (unpaired) electrons. The molecule has 166 valence electrons. The van der Waals surface area contributed by atoms with Gasteiger partial charge in [0, 0.05) is 7.11 Å². The zero-order valence-corrected chi connectivity index (χ0v) is 18.8. The van der Waals surface area contributed by atoms with Gasteiger partial charge in [-0.25, -0.2) is 0 Å². The van der Waals surface area contributed by atoms with Crippen LogP contribution in [0.3, 0.4) is 0 Å². The summed E-state index contributed by atoms with van der Waals surface area (Å²) in [5.74, 6) is 0.